The van der Waals surface area contributed by atoms with E-state index >= 15 is 0 Å². The molecule has 23 heteroatoms. The summed E-state index contributed by atoms with van der Waals surface area (Å²) in [6.45, 7) is 12.7. The summed E-state index contributed by atoms with van der Waals surface area (Å²) in [5.74, 6) is -2.23. The van der Waals surface area contributed by atoms with Crippen LogP contribution in [0.1, 0.15) is 97.9 Å². The molecule has 6 rings (SSSR count). The van der Waals surface area contributed by atoms with Crippen LogP contribution in [0, 0.1) is 22.7 Å². The lowest BCUT2D eigenvalue weighted by Crippen LogP contribution is -2.52. The zero-order valence-electron chi connectivity index (χ0n) is 42.9. The number of amides is 4. The molecule has 0 unspecified atom stereocenters. The van der Waals surface area contributed by atoms with Gasteiger partial charge in [0.2, 0.25) is 17.7 Å². The molecule has 2 aromatic carbocycles. The second-order valence-electron chi connectivity index (χ2n) is 19.7. The Morgan fingerprint density at radius 2 is 1.32 bits per heavy atom. The van der Waals surface area contributed by atoms with Gasteiger partial charge < -0.3 is 44.5 Å². The molecule has 4 N–H and O–H groups in total. The minimum atomic E-state index is -1.28. The van der Waals surface area contributed by atoms with Crippen molar-refractivity contribution >= 4 is 65.1 Å². The molecule has 0 aliphatic carbocycles. The Labute approximate surface area is 443 Å². The highest BCUT2D eigenvalue weighted by Gasteiger charge is 2.39. The highest BCUT2D eigenvalue weighted by atomic mass is 35.5. The van der Waals surface area contributed by atoms with Crippen LogP contribution in [-0.2, 0) is 43.9 Å². The number of oxazole rings is 1. The molecule has 4 heterocycles. The van der Waals surface area contributed by atoms with Gasteiger partial charge in [-0.2, -0.15) is 10.5 Å². The minimum Gasteiger partial charge on any atom is -0.490 e. The third kappa shape index (κ3) is 15.3. The number of carbonyl (C=O) groups is 6. The van der Waals surface area contributed by atoms with Crippen LogP contribution in [-0.4, -0.2) is 123 Å². The Morgan fingerprint density at radius 3 is 1.85 bits per heavy atom. The zero-order valence-corrected chi connectivity index (χ0v) is 44.5. The highest BCUT2D eigenvalue weighted by molar-refractivity contribution is 7.98. The quantitative estimate of drug-likeness (QED) is 0.0530. The van der Waals surface area contributed by atoms with Crippen LogP contribution in [0.5, 0.6) is 5.75 Å². The Morgan fingerprint density at radius 1 is 0.787 bits per heavy atom. The first kappa shape index (κ1) is 56.7. The largest absolute Gasteiger partial charge is 0.490 e. The van der Waals surface area contributed by atoms with E-state index in [1.807, 2.05) is 0 Å². The number of nitrogens with one attached hydrogen (secondary N) is 2. The fourth-order valence-corrected chi connectivity index (χ4v) is 8.91. The molecule has 0 bridgehead atoms. The van der Waals surface area contributed by atoms with Crippen molar-refractivity contribution in [3.05, 3.63) is 76.6 Å². The number of carbonyl (C=O) groups excluding carboxylic acids is 6. The third-order valence-corrected chi connectivity index (χ3v) is 12.7. The number of hydrogen-bond donors (Lipinski definition) is 3. The lowest BCUT2D eigenvalue weighted by atomic mass is 9.97. The number of hydrogen-bond acceptors (Lipinski definition) is 18. The number of thioether (sulfide) groups is 1. The molecule has 2 aromatic heterocycles. The van der Waals surface area contributed by atoms with E-state index < -0.39 is 84.0 Å². The number of benzene rings is 2. The molecular formula is C52H60ClN9O12S. The average Bonchev–Trinajstić information content (AvgIpc) is 4.16. The molecule has 21 nitrogen and oxygen atoms in total. The van der Waals surface area contributed by atoms with E-state index in [1.165, 1.54) is 41.7 Å². The molecule has 2 aliphatic rings. The van der Waals surface area contributed by atoms with E-state index in [-0.39, 0.29) is 52.2 Å². The predicted molar refractivity (Wildman–Crippen MR) is 273 cm³/mol. The zero-order chi connectivity index (χ0) is 54.8. The summed E-state index contributed by atoms with van der Waals surface area (Å²) < 4.78 is 34.0. The molecule has 0 spiro atoms. The van der Waals surface area contributed by atoms with E-state index in [2.05, 4.69) is 32.7 Å². The summed E-state index contributed by atoms with van der Waals surface area (Å²) >= 11 is 7.20. The SMILES string of the molecule is C[C@H](NC(=O)[C@@H]1CCCN1C(=O)OC(C)(C)C)C(=O)OC[C@H](COc1ccc(-c2c(C#N)c(N)nc(SCc3coc(-c4ccc(Cl)cc4)n3)c2C#N)cc1)OC(=O)[C@H](C)NC(=O)[C@@H]1CCCN1C(=O)OC(C)(C)C. The number of aromatic nitrogens is 2. The number of nitrogen functional groups attached to an aromatic ring is 1. The van der Waals surface area contributed by atoms with Gasteiger partial charge in [0.05, 0.1) is 11.3 Å². The first-order chi connectivity index (χ1) is 35.4. The number of halogens is 1. The highest BCUT2D eigenvalue weighted by Crippen LogP contribution is 2.37. The molecule has 75 heavy (non-hydrogen) atoms. The first-order valence-corrected chi connectivity index (χ1v) is 25.5. The standard InChI is InChI=1S/C52H60ClN9O12S/c1-29(57-43(63)39-11-9-21-61(39)49(67)73-51(3,4)5)47(65)71-27-36(72-48(66)30(2)58-44(64)40-12-10-22-62(40)50(68)74-52(6,7)8)26-69-35-19-15-31(16-20-35)41-37(23-54)42(56)60-46(38(41)24-55)75-28-34-25-70-45(59-34)32-13-17-33(53)18-14-32/h13-20,25,29-30,36,39-40H,9-12,21-22,26-28H2,1-8H3,(H2,56,60)(H,57,63)(H,58,64)/t29-,30-,36-,39-,40-/m0/s1. The van der Waals surface area contributed by atoms with Gasteiger partial charge in [0, 0.05) is 35.0 Å². The maximum Gasteiger partial charge on any atom is 0.410 e. The van der Waals surface area contributed by atoms with Gasteiger partial charge in [-0.3, -0.25) is 19.4 Å². The van der Waals surface area contributed by atoms with Crippen molar-refractivity contribution in [1.82, 2.24) is 30.4 Å². The lowest BCUT2D eigenvalue weighted by Gasteiger charge is -2.29. The van der Waals surface area contributed by atoms with Crippen LogP contribution in [0.2, 0.25) is 5.02 Å². The molecule has 4 amide bonds. The van der Waals surface area contributed by atoms with Crippen molar-refractivity contribution in [3.8, 4) is 40.5 Å². The Kier molecular flexibility index (Phi) is 18.6. The number of nitrogens with two attached hydrogens (primary N) is 1. The van der Waals surface area contributed by atoms with Gasteiger partial charge in [-0.15, -0.1) is 0 Å². The van der Waals surface area contributed by atoms with Crippen molar-refractivity contribution in [2.24, 2.45) is 0 Å². The van der Waals surface area contributed by atoms with Crippen molar-refractivity contribution < 1.29 is 56.9 Å². The Bertz CT molecular complexity index is 2840. The van der Waals surface area contributed by atoms with Crippen molar-refractivity contribution in [3.63, 3.8) is 0 Å². The number of anilines is 1. The number of likely N-dealkylation sites (tertiary alicyclic amines) is 2. The van der Waals surface area contributed by atoms with E-state index in [9.17, 15) is 39.3 Å². The molecule has 0 radical (unpaired) electrons. The van der Waals surface area contributed by atoms with Crippen LogP contribution < -0.4 is 21.1 Å². The third-order valence-electron chi connectivity index (χ3n) is 11.5. The normalized spacial score (nSPS) is 16.6. The Hall–Kier alpha value is -7.56. The molecule has 398 valence electrons. The van der Waals surface area contributed by atoms with Gasteiger partial charge in [-0.05, 0) is 123 Å². The molecule has 2 saturated heterocycles. The van der Waals surface area contributed by atoms with E-state index in [0.717, 1.165) is 5.56 Å². The number of pyridine rings is 1. The summed E-state index contributed by atoms with van der Waals surface area (Å²) in [4.78, 5) is 91.0. The summed E-state index contributed by atoms with van der Waals surface area (Å²) in [5.41, 5.74) is 6.71. The fourth-order valence-electron chi connectivity index (χ4n) is 7.92. The van der Waals surface area contributed by atoms with E-state index in [0.29, 0.717) is 54.4 Å². The number of esters is 2. The first-order valence-electron chi connectivity index (χ1n) is 24.1. The Balaban J connectivity index is 1.15. The van der Waals surface area contributed by atoms with Gasteiger partial charge in [0.1, 0.15) is 89.1 Å². The van der Waals surface area contributed by atoms with Gasteiger partial charge in [0.25, 0.3) is 0 Å². The van der Waals surface area contributed by atoms with Crippen LogP contribution in [0.15, 0.2) is 64.2 Å². The van der Waals surface area contributed by atoms with Gasteiger partial charge in [0.15, 0.2) is 6.10 Å². The summed E-state index contributed by atoms with van der Waals surface area (Å²) in [5, 5.41) is 26.6. The van der Waals surface area contributed by atoms with Gasteiger partial charge in [-0.25, -0.2) is 29.1 Å². The number of rotatable bonds is 17. The van der Waals surface area contributed by atoms with Crippen molar-refractivity contribution in [1.29, 1.82) is 10.5 Å². The average molecular weight is 1070 g/mol. The molecular weight excluding hydrogens is 1010 g/mol. The predicted octanol–water partition coefficient (Wildman–Crippen LogP) is 7.32. The summed E-state index contributed by atoms with van der Waals surface area (Å²) in [7, 11) is 0. The van der Waals surface area contributed by atoms with Crippen LogP contribution in [0.3, 0.4) is 0 Å². The van der Waals surface area contributed by atoms with Crippen molar-refractivity contribution in [2.75, 3.05) is 32.0 Å². The molecule has 0 saturated carbocycles. The van der Waals surface area contributed by atoms with Crippen LogP contribution in [0.25, 0.3) is 22.6 Å². The minimum absolute atomic E-state index is 0.0226. The molecule has 4 aromatic rings. The number of ether oxygens (including phenoxy) is 5. The van der Waals surface area contributed by atoms with Crippen LogP contribution >= 0.6 is 23.4 Å². The van der Waals surface area contributed by atoms with E-state index in [4.69, 9.17) is 45.4 Å². The fraction of sp³-hybridized carbons (Fsp3) is 0.462. The van der Waals surface area contributed by atoms with Gasteiger partial charge in [-0.1, -0.05) is 35.5 Å². The summed E-state index contributed by atoms with van der Waals surface area (Å²) in [6.07, 6.45) is 0.672. The molecule has 2 fully saturated rings. The second-order valence-corrected chi connectivity index (χ2v) is 21.1. The van der Waals surface area contributed by atoms with E-state index in [1.54, 1.807) is 90.1 Å². The topological polar surface area (TPSA) is 292 Å². The smallest absolute Gasteiger partial charge is 0.410 e. The maximum atomic E-state index is 13.6. The monoisotopic (exact) mass is 1070 g/mol. The summed E-state index contributed by atoms with van der Waals surface area (Å²) in [6, 6.07) is 13.3. The van der Waals surface area contributed by atoms with Crippen molar-refractivity contribution in [2.45, 2.75) is 133 Å². The molecule has 5 atom stereocenters. The maximum absolute atomic E-state index is 13.6. The van der Waals surface area contributed by atoms with Gasteiger partial charge >= 0.3 is 24.1 Å². The van der Waals surface area contributed by atoms with Crippen LogP contribution in [0.4, 0.5) is 15.4 Å². The molecule has 2 aliphatic heterocycles. The second kappa shape index (κ2) is 24.6. The number of nitrogens with zero attached hydrogens (tertiary/aromatic N) is 6. The lowest BCUT2D eigenvalue weighted by molar-refractivity contribution is -0.163. The number of nitriles is 2.